The van der Waals surface area contributed by atoms with Crippen LogP contribution in [0.15, 0.2) is 59.9 Å². The van der Waals surface area contributed by atoms with E-state index in [0.29, 0.717) is 30.1 Å². The molecule has 194 valence electrons. The summed E-state index contributed by atoms with van der Waals surface area (Å²) in [5.74, 6) is 0.872. The Bertz CT molecular complexity index is 1280. The van der Waals surface area contributed by atoms with Crippen molar-refractivity contribution in [2.75, 3.05) is 13.7 Å². The number of benzene rings is 2. The Morgan fingerprint density at radius 3 is 2.33 bits per heavy atom. The highest BCUT2D eigenvalue weighted by Crippen LogP contribution is 2.22. The second-order valence-electron chi connectivity index (χ2n) is 10.1. The van der Waals surface area contributed by atoms with Gasteiger partial charge in [0.15, 0.2) is 0 Å². The van der Waals surface area contributed by atoms with Crippen LogP contribution in [0.25, 0.3) is 0 Å². The van der Waals surface area contributed by atoms with Crippen molar-refractivity contribution in [3.63, 3.8) is 0 Å². The van der Waals surface area contributed by atoms with Gasteiger partial charge in [0.05, 0.1) is 31.3 Å². The number of carbonyl (C=O) groups is 1. The maximum Gasteiger partial charge on any atom is 0.254 e. The van der Waals surface area contributed by atoms with Crippen molar-refractivity contribution in [3.8, 4) is 5.75 Å². The number of aryl methyl sites for hydroxylation is 1. The first-order valence-electron chi connectivity index (χ1n) is 12.3. The van der Waals surface area contributed by atoms with Crippen molar-refractivity contribution in [2.24, 2.45) is 11.8 Å². The van der Waals surface area contributed by atoms with E-state index in [2.05, 4.69) is 18.8 Å². The summed E-state index contributed by atoms with van der Waals surface area (Å²) in [6, 6.07) is 14.5. The molecule has 0 saturated carbocycles. The van der Waals surface area contributed by atoms with Crippen molar-refractivity contribution >= 4 is 15.7 Å². The molecule has 0 N–H and O–H groups in total. The summed E-state index contributed by atoms with van der Waals surface area (Å²) < 4.78 is 33.8. The van der Waals surface area contributed by atoms with Crippen LogP contribution in [0.4, 0.5) is 0 Å². The molecule has 0 unspecified atom stereocenters. The SMILES string of the molecule is COc1ccc(C(=O)N(Cc2cnc(S(=O)(=O)Cc3cccc(C)c3)n2CC(C)C)CC(C)C)cc1. The largest absolute Gasteiger partial charge is 0.497 e. The monoisotopic (exact) mass is 511 g/mol. The minimum atomic E-state index is -3.69. The van der Waals surface area contributed by atoms with Gasteiger partial charge in [-0.1, -0.05) is 57.5 Å². The lowest BCUT2D eigenvalue weighted by Gasteiger charge is -2.26. The summed E-state index contributed by atoms with van der Waals surface area (Å²) in [6.07, 6.45) is 1.60. The molecule has 1 amide bonds. The second-order valence-corrected chi connectivity index (χ2v) is 12.0. The smallest absolute Gasteiger partial charge is 0.254 e. The highest BCUT2D eigenvalue weighted by Gasteiger charge is 2.26. The number of nitrogens with zero attached hydrogens (tertiary/aromatic N) is 3. The highest BCUT2D eigenvalue weighted by molar-refractivity contribution is 7.90. The molecular weight excluding hydrogens is 474 g/mol. The Morgan fingerprint density at radius 2 is 1.75 bits per heavy atom. The van der Waals surface area contributed by atoms with Crippen molar-refractivity contribution in [1.82, 2.24) is 14.5 Å². The van der Waals surface area contributed by atoms with Crippen LogP contribution in [0.1, 0.15) is 54.9 Å². The van der Waals surface area contributed by atoms with Crippen LogP contribution >= 0.6 is 0 Å². The maximum absolute atomic E-state index is 13.4. The van der Waals surface area contributed by atoms with Gasteiger partial charge in [-0.15, -0.1) is 0 Å². The molecule has 3 aromatic rings. The van der Waals surface area contributed by atoms with Crippen molar-refractivity contribution in [3.05, 3.63) is 77.1 Å². The average molecular weight is 512 g/mol. The first kappa shape index (κ1) is 27.5. The first-order chi connectivity index (χ1) is 17.0. The number of methoxy groups -OCH3 is 1. The number of rotatable bonds is 11. The van der Waals surface area contributed by atoms with E-state index in [1.807, 2.05) is 45.0 Å². The molecule has 8 heteroatoms. The van der Waals surface area contributed by atoms with Gasteiger partial charge in [-0.2, -0.15) is 0 Å². The summed E-state index contributed by atoms with van der Waals surface area (Å²) in [5, 5.41) is 0.0501. The van der Waals surface area contributed by atoms with Crippen molar-refractivity contribution in [2.45, 2.75) is 58.6 Å². The molecule has 0 aliphatic heterocycles. The van der Waals surface area contributed by atoms with E-state index in [-0.39, 0.29) is 35.2 Å². The van der Waals surface area contributed by atoms with E-state index >= 15 is 0 Å². The molecule has 0 saturated heterocycles. The van der Waals surface area contributed by atoms with Crippen molar-refractivity contribution in [1.29, 1.82) is 0 Å². The van der Waals surface area contributed by atoms with E-state index in [1.54, 1.807) is 47.0 Å². The van der Waals surface area contributed by atoms with Gasteiger partial charge in [0.2, 0.25) is 15.0 Å². The number of imidazole rings is 1. The molecule has 0 aliphatic carbocycles. The average Bonchev–Trinajstić information content (AvgIpc) is 3.20. The molecule has 0 spiro atoms. The maximum atomic E-state index is 13.4. The van der Waals surface area contributed by atoms with Crippen LogP contribution in [0, 0.1) is 18.8 Å². The molecule has 36 heavy (non-hydrogen) atoms. The zero-order valence-electron chi connectivity index (χ0n) is 22.1. The molecule has 7 nitrogen and oxygen atoms in total. The highest BCUT2D eigenvalue weighted by atomic mass is 32.2. The van der Waals surface area contributed by atoms with Gasteiger partial charge in [0.25, 0.3) is 5.91 Å². The number of hydrogen-bond acceptors (Lipinski definition) is 5. The molecule has 0 fully saturated rings. The number of amides is 1. The Labute approximate surface area is 215 Å². The third-order valence-corrected chi connectivity index (χ3v) is 7.32. The number of sulfone groups is 1. The molecule has 0 bridgehead atoms. The normalized spacial score (nSPS) is 11.8. The first-order valence-corrected chi connectivity index (χ1v) is 13.9. The van der Waals surface area contributed by atoms with Gasteiger partial charge >= 0.3 is 0 Å². The Hall–Kier alpha value is -3.13. The Morgan fingerprint density at radius 1 is 1.06 bits per heavy atom. The van der Waals surface area contributed by atoms with Gasteiger partial charge in [0, 0.05) is 18.7 Å². The third kappa shape index (κ3) is 6.97. The van der Waals surface area contributed by atoms with Crippen LogP contribution in [0.3, 0.4) is 0 Å². The van der Waals surface area contributed by atoms with E-state index in [4.69, 9.17) is 4.74 Å². The van der Waals surface area contributed by atoms with E-state index in [0.717, 1.165) is 11.1 Å². The number of hydrogen-bond donors (Lipinski definition) is 0. The predicted octanol–water partition coefficient (Wildman–Crippen LogP) is 5.13. The van der Waals surface area contributed by atoms with E-state index in [1.165, 1.54) is 0 Å². The van der Waals surface area contributed by atoms with Gasteiger partial charge in [-0.05, 0) is 48.6 Å². The number of ether oxygens (including phenoxy) is 1. The predicted molar refractivity (Wildman–Crippen MR) is 142 cm³/mol. The van der Waals surface area contributed by atoms with Crippen LogP contribution in [-0.2, 0) is 28.7 Å². The molecule has 1 aromatic heterocycles. The minimum absolute atomic E-state index is 0.0501. The van der Waals surface area contributed by atoms with Crippen LogP contribution in [-0.4, -0.2) is 42.4 Å². The lowest BCUT2D eigenvalue weighted by atomic mass is 10.1. The number of aromatic nitrogens is 2. The fraction of sp³-hybridized carbons (Fsp3) is 0.429. The third-order valence-electron chi connectivity index (χ3n) is 5.73. The van der Waals surface area contributed by atoms with Gasteiger partial charge in [0.1, 0.15) is 5.75 Å². The van der Waals surface area contributed by atoms with Gasteiger partial charge < -0.3 is 14.2 Å². The van der Waals surface area contributed by atoms with Crippen LogP contribution < -0.4 is 4.74 Å². The summed E-state index contributed by atoms with van der Waals surface area (Å²) in [4.78, 5) is 19.6. The summed E-state index contributed by atoms with van der Waals surface area (Å²) in [6.45, 7) is 11.4. The lowest BCUT2D eigenvalue weighted by Crippen LogP contribution is -2.34. The van der Waals surface area contributed by atoms with Crippen LogP contribution in [0.2, 0.25) is 0 Å². The van der Waals surface area contributed by atoms with Crippen molar-refractivity contribution < 1.29 is 17.9 Å². The molecule has 1 heterocycles. The molecule has 0 aliphatic rings. The fourth-order valence-corrected chi connectivity index (χ4v) is 5.67. The molecular formula is C28H37N3O4S. The summed E-state index contributed by atoms with van der Waals surface area (Å²) in [7, 11) is -2.10. The van der Waals surface area contributed by atoms with Gasteiger partial charge in [-0.3, -0.25) is 4.79 Å². The number of carbonyl (C=O) groups excluding carboxylic acids is 1. The van der Waals surface area contributed by atoms with E-state index in [9.17, 15) is 13.2 Å². The lowest BCUT2D eigenvalue weighted by molar-refractivity contribution is 0.0717. The Balaban J connectivity index is 1.95. The standard InChI is InChI=1S/C28H37N3O4S/c1-20(2)16-30(27(32)24-10-12-26(35-6)13-11-24)18-25-15-29-28(31(25)17-21(3)4)36(33,34)19-23-9-7-8-22(5)14-23/h7-15,20-21H,16-19H2,1-6H3. The molecule has 0 atom stereocenters. The second kappa shape index (κ2) is 11.7. The zero-order chi connectivity index (χ0) is 26.5. The molecule has 3 rings (SSSR count). The quantitative estimate of drug-likeness (QED) is 0.357. The van der Waals surface area contributed by atoms with Gasteiger partial charge in [-0.25, -0.2) is 13.4 Å². The Kier molecular flexibility index (Phi) is 8.95. The van der Waals surface area contributed by atoms with Crippen LogP contribution in [0.5, 0.6) is 5.75 Å². The summed E-state index contributed by atoms with van der Waals surface area (Å²) in [5.41, 5.74) is 3.00. The topological polar surface area (TPSA) is 81.5 Å². The summed E-state index contributed by atoms with van der Waals surface area (Å²) >= 11 is 0. The molecule has 2 aromatic carbocycles. The fourth-order valence-electron chi connectivity index (χ4n) is 4.18. The molecule has 0 radical (unpaired) electrons. The zero-order valence-corrected chi connectivity index (χ0v) is 22.9. The van der Waals surface area contributed by atoms with E-state index < -0.39 is 9.84 Å². The minimum Gasteiger partial charge on any atom is -0.497 e.